The Morgan fingerprint density at radius 1 is 0.241 bits per heavy atom. The first-order chi connectivity index (χ1) is 12.1. The van der Waals surface area contributed by atoms with Crippen LogP contribution in [0.4, 0.5) is 79.0 Å². The summed E-state index contributed by atoms with van der Waals surface area (Å²) >= 11 is 0. The summed E-state index contributed by atoms with van der Waals surface area (Å²) in [5.41, 5.74) is 0. The molecule has 0 aromatic heterocycles. The molecule has 0 amide bonds. The van der Waals surface area contributed by atoms with Crippen molar-refractivity contribution in [3.05, 3.63) is 0 Å². The van der Waals surface area contributed by atoms with Gasteiger partial charge in [-0.3, -0.25) is 0 Å². The zero-order valence-corrected chi connectivity index (χ0v) is 12.0. The molecule has 0 saturated heterocycles. The second-order valence-corrected chi connectivity index (χ2v) is 4.40. The molecule has 0 bridgehead atoms. The second kappa shape index (κ2) is 7.10. The van der Waals surface area contributed by atoms with Gasteiger partial charge in [0, 0.05) is 0 Å². The van der Waals surface area contributed by atoms with Gasteiger partial charge in [0.1, 0.15) is 0 Å². The van der Waals surface area contributed by atoms with E-state index in [-0.39, 0.29) is 0 Å². The molecular weight excluding hydrogens is 486 g/mol. The Kier molecular flexibility index (Phi) is 6.76. The molecule has 0 rings (SSSR count). The topological polar surface area (TPSA) is 27.7 Å². The lowest BCUT2D eigenvalue weighted by atomic mass is 10.5. The van der Waals surface area contributed by atoms with Crippen molar-refractivity contribution in [3.63, 3.8) is 0 Å². The minimum absolute atomic E-state index is 1.25. The summed E-state index contributed by atoms with van der Waals surface area (Å²) in [6, 6.07) is 0. The van der Waals surface area contributed by atoms with Crippen molar-refractivity contribution < 1.29 is 93.2 Å². The van der Waals surface area contributed by atoms with Gasteiger partial charge in [-0.25, -0.2) is 14.2 Å². The Balaban J connectivity index is 5.78. The van der Waals surface area contributed by atoms with Crippen LogP contribution in [0.2, 0.25) is 0 Å². The van der Waals surface area contributed by atoms with Gasteiger partial charge in [-0.05, 0) is 0 Å². The van der Waals surface area contributed by atoms with E-state index in [1.54, 1.807) is 0 Å². The fourth-order valence-electron chi connectivity index (χ4n) is 0.836. The number of rotatable bonds is 8. The van der Waals surface area contributed by atoms with Gasteiger partial charge >= 0.3 is 49.0 Å². The van der Waals surface area contributed by atoms with Crippen LogP contribution in [0.3, 0.4) is 0 Å². The molecular formula is C8F18O3. The molecule has 0 aliphatic carbocycles. The maximum absolute atomic E-state index is 12.7. The fourth-order valence-corrected chi connectivity index (χ4v) is 0.836. The van der Waals surface area contributed by atoms with Gasteiger partial charge in [-0.15, -0.1) is 0 Å². The molecule has 0 aromatic rings. The molecule has 21 heteroatoms. The van der Waals surface area contributed by atoms with Gasteiger partial charge in [-0.1, -0.05) is 0 Å². The monoisotopic (exact) mass is 486 g/mol. The van der Waals surface area contributed by atoms with Crippen molar-refractivity contribution in [1.29, 1.82) is 0 Å². The third kappa shape index (κ3) is 5.83. The molecule has 176 valence electrons. The Hall–Kier alpha value is -1.38. The maximum atomic E-state index is 12.7. The highest BCUT2D eigenvalue weighted by Gasteiger charge is 2.77. The van der Waals surface area contributed by atoms with Gasteiger partial charge in [0.15, 0.2) is 0 Å². The first kappa shape index (κ1) is 27.6. The third-order valence-corrected chi connectivity index (χ3v) is 2.11. The van der Waals surface area contributed by atoms with Gasteiger partial charge in [0.2, 0.25) is 0 Å². The third-order valence-electron chi connectivity index (χ3n) is 2.11. The van der Waals surface area contributed by atoms with Crippen LogP contribution in [-0.2, 0) is 14.2 Å². The van der Waals surface area contributed by atoms with Gasteiger partial charge in [0.25, 0.3) is 0 Å². The number of hydrogen-bond acceptors (Lipinski definition) is 3. The lowest BCUT2D eigenvalue weighted by Gasteiger charge is -2.34. The fraction of sp³-hybridized carbons (Fsp3) is 1.00. The summed E-state index contributed by atoms with van der Waals surface area (Å²) in [4.78, 5) is 0. The highest BCUT2D eigenvalue weighted by atomic mass is 19.4. The van der Waals surface area contributed by atoms with Crippen molar-refractivity contribution in [2.45, 2.75) is 49.0 Å². The predicted octanol–water partition coefficient (Wildman–Crippen LogP) is 5.72. The summed E-state index contributed by atoms with van der Waals surface area (Å²) < 4.78 is 224. The zero-order valence-electron chi connectivity index (χ0n) is 12.0. The first-order valence-electron chi connectivity index (χ1n) is 5.63. The van der Waals surface area contributed by atoms with E-state index >= 15 is 0 Å². The molecule has 0 aromatic carbocycles. The van der Waals surface area contributed by atoms with E-state index in [1.165, 1.54) is 14.2 Å². The van der Waals surface area contributed by atoms with E-state index < -0.39 is 49.0 Å². The smallest absolute Gasteiger partial charge is 0.241 e. The van der Waals surface area contributed by atoms with Crippen LogP contribution < -0.4 is 0 Å². The number of hydrogen-bond donors (Lipinski definition) is 0. The maximum Gasteiger partial charge on any atom is 0.483 e. The Bertz CT molecular complexity index is 523. The van der Waals surface area contributed by atoms with Crippen LogP contribution in [0.1, 0.15) is 0 Å². The molecule has 0 radical (unpaired) electrons. The SMILES string of the molecule is FC(F)(F)C(F)(F)OC(F)(F)C(F)(F)OC(F)(F)C(F)(F)OC(F)(F)C(F)(F)F. The van der Waals surface area contributed by atoms with Gasteiger partial charge in [0.05, 0.1) is 0 Å². The van der Waals surface area contributed by atoms with Crippen molar-refractivity contribution in [2.75, 3.05) is 0 Å². The van der Waals surface area contributed by atoms with Crippen LogP contribution in [0.15, 0.2) is 0 Å². The van der Waals surface area contributed by atoms with E-state index in [0.717, 1.165) is 0 Å². The molecule has 0 saturated carbocycles. The molecule has 0 fully saturated rings. The van der Waals surface area contributed by atoms with Crippen molar-refractivity contribution in [3.8, 4) is 0 Å². The second-order valence-electron chi connectivity index (χ2n) is 4.40. The minimum Gasteiger partial charge on any atom is -0.241 e. The quantitative estimate of drug-likeness (QED) is 0.412. The molecule has 0 unspecified atom stereocenters. The standard InChI is InChI=1S/C8F18O3/c9-1(10,11)3(15,16)27-5(19,20)7(23,24)29-8(25,26)6(21,22)28-4(17,18)2(12,13)14. The molecule has 0 aliphatic heterocycles. The highest BCUT2D eigenvalue weighted by molar-refractivity contribution is 4.79. The minimum atomic E-state index is -7.61. The summed E-state index contributed by atoms with van der Waals surface area (Å²) in [6.45, 7) is 0. The molecule has 0 N–H and O–H groups in total. The summed E-state index contributed by atoms with van der Waals surface area (Å²) in [6.07, 6.45) is -59.1. The lowest BCUT2D eigenvalue weighted by molar-refractivity contribution is -0.574. The Morgan fingerprint density at radius 3 is 0.517 bits per heavy atom. The van der Waals surface area contributed by atoms with Crippen LogP contribution in [0, 0.1) is 0 Å². The van der Waals surface area contributed by atoms with Crippen LogP contribution in [0.25, 0.3) is 0 Å². The molecule has 0 atom stereocenters. The first-order valence-corrected chi connectivity index (χ1v) is 5.63. The lowest BCUT2D eigenvalue weighted by Crippen LogP contribution is -2.59. The van der Waals surface area contributed by atoms with Gasteiger partial charge < -0.3 is 0 Å². The van der Waals surface area contributed by atoms with Gasteiger partial charge in [-0.2, -0.15) is 79.0 Å². The van der Waals surface area contributed by atoms with Crippen LogP contribution >= 0.6 is 0 Å². The average Bonchev–Trinajstić information content (AvgIpc) is 2.30. The predicted molar refractivity (Wildman–Crippen MR) is 45.0 cm³/mol. The Morgan fingerprint density at radius 2 is 0.379 bits per heavy atom. The summed E-state index contributed by atoms with van der Waals surface area (Å²) in [7, 11) is 0. The van der Waals surface area contributed by atoms with E-state index in [2.05, 4.69) is 0 Å². The largest absolute Gasteiger partial charge is 0.483 e. The molecule has 0 aliphatic rings. The molecule has 29 heavy (non-hydrogen) atoms. The number of alkyl halides is 18. The average molecular weight is 486 g/mol. The van der Waals surface area contributed by atoms with E-state index in [0.29, 0.717) is 0 Å². The zero-order chi connectivity index (χ0) is 24.1. The van der Waals surface area contributed by atoms with Crippen molar-refractivity contribution in [2.24, 2.45) is 0 Å². The number of ether oxygens (including phenoxy) is 3. The molecule has 3 nitrogen and oxygen atoms in total. The van der Waals surface area contributed by atoms with Crippen LogP contribution in [-0.4, -0.2) is 49.0 Å². The van der Waals surface area contributed by atoms with Crippen LogP contribution in [0.5, 0.6) is 0 Å². The van der Waals surface area contributed by atoms with E-state index in [9.17, 15) is 79.0 Å². The van der Waals surface area contributed by atoms with Crippen molar-refractivity contribution >= 4 is 0 Å². The van der Waals surface area contributed by atoms with E-state index in [4.69, 9.17) is 0 Å². The van der Waals surface area contributed by atoms with E-state index in [1.807, 2.05) is 0 Å². The summed E-state index contributed by atoms with van der Waals surface area (Å²) in [5.74, 6) is 0. The molecule has 0 heterocycles. The highest BCUT2D eigenvalue weighted by Crippen LogP contribution is 2.51. The van der Waals surface area contributed by atoms with Crippen molar-refractivity contribution in [1.82, 2.24) is 0 Å². The molecule has 0 spiro atoms. The summed E-state index contributed by atoms with van der Waals surface area (Å²) in [5, 5.41) is 0. The normalized spacial score (nSPS) is 16.3. The Labute approximate surface area is 144 Å². The number of halogens is 18.